The van der Waals surface area contributed by atoms with Crippen LogP contribution in [0.15, 0.2) is 46.0 Å². The minimum absolute atomic E-state index is 0.0112. The summed E-state index contributed by atoms with van der Waals surface area (Å²) in [5, 5.41) is 7.10. The van der Waals surface area contributed by atoms with Crippen LogP contribution < -0.4 is 20.2 Å². The Balaban J connectivity index is 1.83. The molecule has 0 bridgehead atoms. The minimum Gasteiger partial charge on any atom is -0.495 e. The smallest absolute Gasteiger partial charge is 0.277 e. The Hall–Kier alpha value is -2.58. The molecule has 0 aliphatic carbocycles. The molecule has 0 spiro atoms. The summed E-state index contributed by atoms with van der Waals surface area (Å²) in [6, 6.07) is 10.3. The summed E-state index contributed by atoms with van der Waals surface area (Å²) in [6.07, 6.45) is -0.0112. The summed E-state index contributed by atoms with van der Waals surface area (Å²) < 4.78 is 11.6. The molecule has 0 aromatic heterocycles. The summed E-state index contributed by atoms with van der Waals surface area (Å²) >= 11 is 9.35. The monoisotopic (exact) mass is 481 g/mol. The molecule has 0 heterocycles. The molecule has 7 nitrogen and oxygen atoms in total. The van der Waals surface area contributed by atoms with Crippen LogP contribution in [0.5, 0.6) is 11.5 Å². The Morgan fingerprint density at radius 2 is 1.93 bits per heavy atom. The number of hydrazone groups is 1. The van der Waals surface area contributed by atoms with Gasteiger partial charge in [0.25, 0.3) is 5.91 Å². The standard InChI is InChI=1S/C20H21BrClN3O4/c1-12-8-15(5-6-16(12)21)29-11-20(27)25-24-13(2)9-19(26)23-17-10-14(22)4-7-18(17)28-3/h4-8,10H,9,11H2,1-3H3,(H,23,26)(H,25,27). The van der Waals surface area contributed by atoms with Crippen LogP contribution in [0, 0.1) is 6.92 Å². The van der Waals surface area contributed by atoms with Gasteiger partial charge in [-0.25, -0.2) is 5.43 Å². The number of halogens is 2. The topological polar surface area (TPSA) is 89.0 Å². The largest absolute Gasteiger partial charge is 0.495 e. The third kappa shape index (κ3) is 7.40. The van der Waals surface area contributed by atoms with Crippen LogP contribution in [-0.2, 0) is 9.59 Å². The maximum Gasteiger partial charge on any atom is 0.277 e. The predicted octanol–water partition coefficient (Wildman–Crippen LogP) is 4.32. The van der Waals surface area contributed by atoms with Gasteiger partial charge >= 0.3 is 0 Å². The van der Waals surface area contributed by atoms with Gasteiger partial charge in [0.2, 0.25) is 5.91 Å². The maximum atomic E-state index is 12.2. The Morgan fingerprint density at radius 1 is 1.17 bits per heavy atom. The van der Waals surface area contributed by atoms with E-state index in [9.17, 15) is 9.59 Å². The molecule has 2 rings (SSSR count). The number of benzene rings is 2. The summed E-state index contributed by atoms with van der Waals surface area (Å²) in [4.78, 5) is 24.1. The van der Waals surface area contributed by atoms with Gasteiger partial charge in [-0.3, -0.25) is 9.59 Å². The van der Waals surface area contributed by atoms with E-state index in [1.165, 1.54) is 7.11 Å². The molecule has 0 saturated carbocycles. The molecule has 0 aliphatic rings. The highest BCUT2D eigenvalue weighted by Crippen LogP contribution is 2.27. The molecule has 0 saturated heterocycles. The van der Waals surface area contributed by atoms with Gasteiger partial charge in [-0.1, -0.05) is 27.5 Å². The second-order valence-electron chi connectivity index (χ2n) is 6.15. The predicted molar refractivity (Wildman–Crippen MR) is 117 cm³/mol. The molecule has 2 N–H and O–H groups in total. The number of nitrogens with one attached hydrogen (secondary N) is 2. The fraction of sp³-hybridized carbons (Fsp3) is 0.250. The van der Waals surface area contributed by atoms with E-state index in [0.29, 0.717) is 27.9 Å². The minimum atomic E-state index is -0.429. The molecule has 0 atom stereocenters. The van der Waals surface area contributed by atoms with Gasteiger partial charge in [-0.2, -0.15) is 5.10 Å². The molecule has 154 valence electrons. The highest BCUT2D eigenvalue weighted by atomic mass is 79.9. The first kappa shape index (κ1) is 22.7. The van der Waals surface area contributed by atoms with Crippen molar-refractivity contribution >= 4 is 50.7 Å². The summed E-state index contributed by atoms with van der Waals surface area (Å²) in [5.74, 6) is 0.326. The van der Waals surface area contributed by atoms with E-state index in [1.54, 1.807) is 31.2 Å². The first-order valence-corrected chi connectivity index (χ1v) is 9.80. The quantitative estimate of drug-likeness (QED) is 0.433. The molecule has 0 unspecified atom stereocenters. The lowest BCUT2D eigenvalue weighted by atomic mass is 10.2. The number of anilines is 1. The van der Waals surface area contributed by atoms with Crippen molar-refractivity contribution < 1.29 is 19.1 Å². The van der Waals surface area contributed by atoms with Crippen molar-refractivity contribution in [2.45, 2.75) is 20.3 Å². The molecule has 0 aliphatic heterocycles. The Kier molecular flexibility index (Phi) is 8.48. The first-order valence-electron chi connectivity index (χ1n) is 8.63. The van der Waals surface area contributed by atoms with Crippen LogP contribution >= 0.6 is 27.5 Å². The van der Waals surface area contributed by atoms with E-state index in [0.717, 1.165) is 10.0 Å². The number of carbonyl (C=O) groups is 2. The fourth-order valence-electron chi connectivity index (χ4n) is 2.29. The van der Waals surface area contributed by atoms with Crippen LogP contribution in [0.3, 0.4) is 0 Å². The van der Waals surface area contributed by atoms with Crippen molar-refractivity contribution in [3.05, 3.63) is 51.5 Å². The number of aryl methyl sites for hydroxylation is 1. The highest BCUT2D eigenvalue weighted by Gasteiger charge is 2.10. The van der Waals surface area contributed by atoms with Crippen molar-refractivity contribution in [2.24, 2.45) is 5.10 Å². The van der Waals surface area contributed by atoms with E-state index < -0.39 is 5.91 Å². The average molecular weight is 483 g/mol. The third-order valence-corrected chi connectivity index (χ3v) is 4.85. The molecule has 2 aromatic carbocycles. The Bertz CT molecular complexity index is 934. The summed E-state index contributed by atoms with van der Waals surface area (Å²) in [5.41, 5.74) is 4.25. The Labute approximate surface area is 182 Å². The molecule has 2 amide bonds. The second-order valence-corrected chi connectivity index (χ2v) is 7.44. The molecule has 0 radical (unpaired) electrons. The number of hydrogen-bond donors (Lipinski definition) is 2. The van der Waals surface area contributed by atoms with E-state index >= 15 is 0 Å². The maximum absolute atomic E-state index is 12.2. The number of amides is 2. The molecule has 9 heteroatoms. The molecular weight excluding hydrogens is 462 g/mol. The van der Waals surface area contributed by atoms with Crippen molar-refractivity contribution in [2.75, 3.05) is 19.0 Å². The zero-order chi connectivity index (χ0) is 21.4. The lowest BCUT2D eigenvalue weighted by Gasteiger charge is -2.10. The number of carbonyl (C=O) groups excluding carboxylic acids is 2. The van der Waals surface area contributed by atoms with E-state index in [-0.39, 0.29) is 18.9 Å². The number of methoxy groups -OCH3 is 1. The van der Waals surface area contributed by atoms with Crippen LogP contribution in [-0.4, -0.2) is 31.2 Å². The molecular formula is C20H21BrClN3O4. The van der Waals surface area contributed by atoms with Crippen LogP contribution in [0.2, 0.25) is 5.02 Å². The Morgan fingerprint density at radius 3 is 2.62 bits per heavy atom. The van der Waals surface area contributed by atoms with Gasteiger partial charge in [-0.05, 0) is 55.8 Å². The number of hydrogen-bond acceptors (Lipinski definition) is 5. The van der Waals surface area contributed by atoms with Crippen molar-refractivity contribution in [1.82, 2.24) is 5.43 Å². The molecule has 29 heavy (non-hydrogen) atoms. The average Bonchev–Trinajstić information content (AvgIpc) is 2.67. The zero-order valence-corrected chi connectivity index (χ0v) is 18.6. The lowest BCUT2D eigenvalue weighted by molar-refractivity contribution is -0.123. The van der Waals surface area contributed by atoms with Crippen LogP contribution in [0.1, 0.15) is 18.9 Å². The third-order valence-electron chi connectivity index (χ3n) is 3.72. The van der Waals surface area contributed by atoms with Crippen molar-refractivity contribution in [1.29, 1.82) is 0 Å². The van der Waals surface area contributed by atoms with Gasteiger partial charge in [0.1, 0.15) is 11.5 Å². The van der Waals surface area contributed by atoms with Crippen LogP contribution in [0.4, 0.5) is 5.69 Å². The fourth-order valence-corrected chi connectivity index (χ4v) is 2.71. The first-order chi connectivity index (χ1) is 13.8. The molecule has 2 aromatic rings. The van der Waals surface area contributed by atoms with Crippen molar-refractivity contribution in [3.8, 4) is 11.5 Å². The van der Waals surface area contributed by atoms with E-state index in [4.69, 9.17) is 21.1 Å². The summed E-state index contributed by atoms with van der Waals surface area (Å²) in [7, 11) is 1.50. The summed E-state index contributed by atoms with van der Waals surface area (Å²) in [6.45, 7) is 3.37. The van der Waals surface area contributed by atoms with Crippen LogP contribution in [0.25, 0.3) is 0 Å². The molecule has 0 fully saturated rings. The lowest BCUT2D eigenvalue weighted by Crippen LogP contribution is -2.26. The van der Waals surface area contributed by atoms with Gasteiger partial charge in [0.15, 0.2) is 6.61 Å². The van der Waals surface area contributed by atoms with E-state index in [1.807, 2.05) is 19.1 Å². The van der Waals surface area contributed by atoms with Gasteiger partial charge in [0, 0.05) is 15.2 Å². The number of ether oxygens (including phenoxy) is 2. The van der Waals surface area contributed by atoms with Gasteiger partial charge in [0.05, 0.1) is 19.2 Å². The zero-order valence-electron chi connectivity index (χ0n) is 16.2. The van der Waals surface area contributed by atoms with Gasteiger partial charge in [-0.15, -0.1) is 0 Å². The number of nitrogens with zero attached hydrogens (tertiary/aromatic N) is 1. The van der Waals surface area contributed by atoms with Gasteiger partial charge < -0.3 is 14.8 Å². The normalized spacial score (nSPS) is 11.0. The SMILES string of the molecule is COc1ccc(Cl)cc1NC(=O)CC(C)=NNC(=O)COc1ccc(Br)c(C)c1. The highest BCUT2D eigenvalue weighted by molar-refractivity contribution is 9.10. The second kappa shape index (κ2) is 10.8. The van der Waals surface area contributed by atoms with Crippen molar-refractivity contribution in [3.63, 3.8) is 0 Å². The van der Waals surface area contributed by atoms with E-state index in [2.05, 4.69) is 31.8 Å². The number of rotatable bonds is 8.